The van der Waals surface area contributed by atoms with Gasteiger partial charge in [-0.3, -0.25) is 10.3 Å². The normalized spacial score (nSPS) is 17.8. The molecule has 0 aliphatic carbocycles. The van der Waals surface area contributed by atoms with E-state index in [4.69, 9.17) is 17.1 Å². The maximum absolute atomic E-state index is 5.61. The molecule has 1 aromatic heterocycles. The molecule has 2 heterocycles. The van der Waals surface area contributed by atoms with Crippen LogP contribution < -0.4 is 5.48 Å². The van der Waals surface area contributed by atoms with Crippen molar-refractivity contribution in [3.05, 3.63) is 28.6 Å². The van der Waals surface area contributed by atoms with Gasteiger partial charge in [-0.2, -0.15) is 0 Å². The molecular weight excluding hydrogens is 354 g/mol. The van der Waals surface area contributed by atoms with Gasteiger partial charge in [-0.1, -0.05) is 39.9 Å². The van der Waals surface area contributed by atoms with E-state index in [1.165, 1.54) is 32.5 Å². The van der Waals surface area contributed by atoms with Gasteiger partial charge in [0.15, 0.2) is 0 Å². The molecule has 3 rings (SSSR count). The van der Waals surface area contributed by atoms with E-state index in [0.29, 0.717) is 17.3 Å². The Morgan fingerprint density at radius 3 is 2.88 bits per heavy atom. The van der Waals surface area contributed by atoms with Crippen LogP contribution in [0.1, 0.15) is 51.7 Å². The molecule has 130 valence electrons. The van der Waals surface area contributed by atoms with Crippen LogP contribution >= 0.6 is 35.3 Å². The number of rotatable bonds is 4. The Balaban J connectivity index is 1.85. The molecule has 5 heteroatoms. The highest BCUT2D eigenvalue weighted by molar-refractivity contribution is 8.00. The maximum atomic E-state index is 5.61. The van der Waals surface area contributed by atoms with E-state index in [2.05, 4.69) is 55.5 Å². The monoisotopic (exact) mass is 379 g/mol. The highest BCUT2D eigenvalue weighted by atomic mass is 32.2. The summed E-state index contributed by atoms with van der Waals surface area (Å²) >= 11 is 9.01. The van der Waals surface area contributed by atoms with Crippen LogP contribution in [0.2, 0.25) is 0 Å². The summed E-state index contributed by atoms with van der Waals surface area (Å²) in [4.78, 5) is 7.81. The summed E-state index contributed by atoms with van der Waals surface area (Å²) in [6.45, 7) is 9.63. The van der Waals surface area contributed by atoms with Gasteiger partial charge < -0.3 is 0 Å². The standard InChI is InChI=1S/C19H25NOS3/c1-5-17(22)20-21-10-12-11-23-15-8-7-14-13(18(12)15)6-9-16(24-14)19(2,3)4/h7-8,11,16H,5-6,9-10H2,1-4H3,(H,20,22). The summed E-state index contributed by atoms with van der Waals surface area (Å²) in [7, 11) is 0. The maximum Gasteiger partial charge on any atom is 0.101 e. The van der Waals surface area contributed by atoms with Gasteiger partial charge >= 0.3 is 0 Å². The van der Waals surface area contributed by atoms with Crippen LogP contribution in [0.15, 0.2) is 22.4 Å². The number of hydrogen-bond acceptors (Lipinski definition) is 4. The van der Waals surface area contributed by atoms with Crippen molar-refractivity contribution in [2.24, 2.45) is 5.41 Å². The van der Waals surface area contributed by atoms with Crippen LogP contribution in [0.5, 0.6) is 0 Å². The first-order valence-corrected chi connectivity index (χ1v) is 10.7. The first-order valence-electron chi connectivity index (χ1n) is 8.49. The van der Waals surface area contributed by atoms with Crippen molar-refractivity contribution in [2.75, 3.05) is 0 Å². The van der Waals surface area contributed by atoms with Crippen LogP contribution in [-0.2, 0) is 17.9 Å². The number of thioether (sulfide) groups is 1. The van der Waals surface area contributed by atoms with Gasteiger partial charge in [0, 0.05) is 20.2 Å². The third-order valence-electron chi connectivity index (χ3n) is 4.51. The number of benzene rings is 1. The molecule has 0 amide bonds. The molecule has 1 atom stereocenters. The van der Waals surface area contributed by atoms with Crippen LogP contribution in [0.4, 0.5) is 0 Å². The molecule has 0 fully saturated rings. The van der Waals surface area contributed by atoms with Crippen molar-refractivity contribution in [1.29, 1.82) is 0 Å². The van der Waals surface area contributed by atoms with Crippen molar-refractivity contribution in [3.8, 4) is 0 Å². The van der Waals surface area contributed by atoms with Gasteiger partial charge in [-0.25, -0.2) is 0 Å². The van der Waals surface area contributed by atoms with E-state index in [9.17, 15) is 0 Å². The van der Waals surface area contributed by atoms with E-state index >= 15 is 0 Å². The molecule has 0 bridgehead atoms. The predicted octanol–water partition coefficient (Wildman–Crippen LogP) is 6.11. The summed E-state index contributed by atoms with van der Waals surface area (Å²) in [5.74, 6) is 0. The van der Waals surface area contributed by atoms with Gasteiger partial charge in [0.05, 0.1) is 0 Å². The third-order valence-corrected chi connectivity index (χ3v) is 7.74. The molecular formula is C19H25NOS3. The second-order valence-corrected chi connectivity index (χ2v) is 10.0. The summed E-state index contributed by atoms with van der Waals surface area (Å²) in [5.41, 5.74) is 6.00. The first kappa shape index (κ1) is 18.2. The number of hydroxylamine groups is 1. The zero-order valence-corrected chi connectivity index (χ0v) is 17.2. The van der Waals surface area contributed by atoms with Crippen LogP contribution in [0, 0.1) is 5.41 Å². The van der Waals surface area contributed by atoms with Gasteiger partial charge in [-0.15, -0.1) is 23.1 Å². The number of hydrogen-bond donors (Lipinski definition) is 1. The second kappa shape index (κ2) is 7.32. The number of fused-ring (bicyclic) bond motifs is 3. The smallest absolute Gasteiger partial charge is 0.101 e. The first-order chi connectivity index (χ1) is 11.4. The fourth-order valence-corrected chi connectivity index (χ4v) is 5.50. The Morgan fingerprint density at radius 1 is 1.38 bits per heavy atom. The minimum absolute atomic E-state index is 0.345. The van der Waals surface area contributed by atoms with Crippen molar-refractivity contribution < 1.29 is 4.84 Å². The third kappa shape index (κ3) is 3.79. The quantitative estimate of drug-likeness (QED) is 0.510. The Labute approximate surface area is 158 Å². The van der Waals surface area contributed by atoms with Crippen molar-refractivity contribution in [1.82, 2.24) is 5.48 Å². The van der Waals surface area contributed by atoms with Gasteiger partial charge in [0.25, 0.3) is 0 Å². The van der Waals surface area contributed by atoms with Crippen LogP contribution in [-0.4, -0.2) is 10.2 Å². The summed E-state index contributed by atoms with van der Waals surface area (Å²) < 4.78 is 1.36. The Bertz CT molecular complexity index is 745. The molecule has 0 saturated carbocycles. The summed E-state index contributed by atoms with van der Waals surface area (Å²) in [6.07, 6.45) is 3.21. The number of aryl methyl sites for hydroxylation is 1. The van der Waals surface area contributed by atoms with E-state index < -0.39 is 0 Å². The van der Waals surface area contributed by atoms with Crippen molar-refractivity contribution >= 4 is 50.4 Å². The summed E-state index contributed by atoms with van der Waals surface area (Å²) in [5, 5.41) is 4.31. The van der Waals surface area contributed by atoms with Gasteiger partial charge in [0.1, 0.15) is 11.6 Å². The minimum Gasteiger partial charge on any atom is -0.271 e. The molecule has 1 aromatic carbocycles. The molecule has 0 saturated heterocycles. The topological polar surface area (TPSA) is 21.3 Å². The summed E-state index contributed by atoms with van der Waals surface area (Å²) in [6, 6.07) is 4.58. The molecule has 2 nitrogen and oxygen atoms in total. The molecule has 1 N–H and O–H groups in total. The second-order valence-electron chi connectivity index (χ2n) is 7.35. The fourth-order valence-electron chi connectivity index (χ4n) is 3.08. The number of nitrogens with one attached hydrogen (secondary N) is 1. The lowest BCUT2D eigenvalue weighted by atomic mass is 9.87. The fraction of sp³-hybridized carbons (Fsp3) is 0.526. The molecule has 1 aliphatic rings. The Kier molecular flexibility index (Phi) is 5.55. The van der Waals surface area contributed by atoms with Crippen LogP contribution in [0.25, 0.3) is 10.1 Å². The molecule has 1 aliphatic heterocycles. The van der Waals surface area contributed by atoms with Crippen molar-refractivity contribution in [2.45, 2.75) is 63.7 Å². The molecule has 2 aromatic rings. The lowest BCUT2D eigenvalue weighted by Crippen LogP contribution is -2.26. The van der Waals surface area contributed by atoms with Gasteiger partial charge in [-0.05, 0) is 53.3 Å². The zero-order chi connectivity index (χ0) is 17.3. The largest absolute Gasteiger partial charge is 0.271 e. The molecule has 24 heavy (non-hydrogen) atoms. The molecule has 0 spiro atoms. The SMILES string of the molecule is CCC(=S)NOCc1csc2ccc3c(c12)CCC(C(C)(C)C)S3. The number of thiophene rings is 1. The minimum atomic E-state index is 0.345. The number of thiocarbonyl (C=S) groups is 1. The average molecular weight is 380 g/mol. The molecule has 1 unspecified atom stereocenters. The predicted molar refractivity (Wildman–Crippen MR) is 110 cm³/mol. The highest BCUT2D eigenvalue weighted by Gasteiger charge is 2.30. The average Bonchev–Trinajstić information content (AvgIpc) is 2.97. The lowest BCUT2D eigenvalue weighted by molar-refractivity contribution is 0.0726. The van der Waals surface area contributed by atoms with E-state index in [-0.39, 0.29) is 0 Å². The highest BCUT2D eigenvalue weighted by Crippen LogP contribution is 2.46. The van der Waals surface area contributed by atoms with Crippen molar-refractivity contribution in [3.63, 3.8) is 0 Å². The Morgan fingerprint density at radius 2 is 2.17 bits per heavy atom. The van der Waals surface area contributed by atoms with E-state index in [1.807, 2.05) is 18.3 Å². The van der Waals surface area contributed by atoms with E-state index in [0.717, 1.165) is 17.8 Å². The Hall–Kier alpha value is -0.620. The zero-order valence-electron chi connectivity index (χ0n) is 14.8. The molecule has 0 radical (unpaired) electrons. The van der Waals surface area contributed by atoms with E-state index in [1.54, 1.807) is 0 Å². The van der Waals surface area contributed by atoms with Crippen LogP contribution in [0.3, 0.4) is 0 Å². The lowest BCUT2D eigenvalue weighted by Gasteiger charge is -2.34. The van der Waals surface area contributed by atoms with Gasteiger partial charge in [0.2, 0.25) is 0 Å².